The average Bonchev–Trinajstić information content (AvgIpc) is 2.94. The normalized spacial score (nSPS) is 24.4. The maximum atomic E-state index is 3.36. The summed E-state index contributed by atoms with van der Waals surface area (Å²) in [5.41, 5.74) is 5.71. The molecule has 0 aromatic heterocycles. The van der Waals surface area contributed by atoms with Gasteiger partial charge in [0.15, 0.2) is 0 Å². The van der Waals surface area contributed by atoms with Crippen LogP contribution in [0.3, 0.4) is 0 Å². The molecular formula is C36H48. The van der Waals surface area contributed by atoms with Gasteiger partial charge in [0.05, 0.1) is 0 Å². The molecule has 2 saturated carbocycles. The number of rotatable bonds is 9. The Labute approximate surface area is 222 Å². The van der Waals surface area contributed by atoms with Crippen LogP contribution in [0.25, 0.3) is 0 Å². The van der Waals surface area contributed by atoms with Gasteiger partial charge in [0, 0.05) is 5.56 Å². The van der Waals surface area contributed by atoms with E-state index < -0.39 is 0 Å². The summed E-state index contributed by atoms with van der Waals surface area (Å²) in [6.45, 7) is 4.58. The van der Waals surface area contributed by atoms with Gasteiger partial charge in [-0.25, -0.2) is 0 Å². The van der Waals surface area contributed by atoms with Gasteiger partial charge >= 0.3 is 0 Å². The molecule has 2 fully saturated rings. The average molecular weight is 481 g/mol. The molecule has 0 heterocycles. The van der Waals surface area contributed by atoms with Gasteiger partial charge in [0.2, 0.25) is 0 Å². The summed E-state index contributed by atoms with van der Waals surface area (Å²) in [5.74, 6) is 9.85. The predicted octanol–water partition coefficient (Wildman–Crippen LogP) is 10.4. The van der Waals surface area contributed by atoms with Crippen LogP contribution in [0.2, 0.25) is 0 Å². The van der Waals surface area contributed by atoms with E-state index in [1.807, 2.05) is 0 Å². The number of benzene rings is 2. The molecule has 2 aliphatic rings. The van der Waals surface area contributed by atoms with E-state index in [4.69, 9.17) is 0 Å². The molecule has 0 unspecified atom stereocenters. The van der Waals surface area contributed by atoms with Gasteiger partial charge in [-0.1, -0.05) is 93.8 Å². The largest absolute Gasteiger partial charge is 0.0730 e. The third-order valence-electron chi connectivity index (χ3n) is 8.90. The highest BCUT2D eigenvalue weighted by Gasteiger charge is 2.22. The molecule has 0 aliphatic heterocycles. The van der Waals surface area contributed by atoms with Crippen LogP contribution in [-0.4, -0.2) is 0 Å². The zero-order valence-corrected chi connectivity index (χ0v) is 23.0. The standard InChI is InChI=1S/C36H48/c1-3-5-9-29-13-21-33(22-14-29)35-25-17-31(18-26-35)11-7-8-12-32-19-27-36(28-20-32)34-23-15-30(16-24-34)10-6-4-2/h7,11,13-14,19-22,27-28,30-31,34-35H,3-6,9-10,15-18,23-26H2,1-2H3/t30-,31-,34-,35-. The number of hydrogen-bond acceptors (Lipinski definition) is 0. The molecule has 2 aliphatic carbocycles. The van der Waals surface area contributed by atoms with Gasteiger partial charge in [0.1, 0.15) is 0 Å². The second-order valence-electron chi connectivity index (χ2n) is 11.6. The summed E-state index contributed by atoms with van der Waals surface area (Å²) < 4.78 is 0. The van der Waals surface area contributed by atoms with E-state index >= 15 is 0 Å². The van der Waals surface area contributed by atoms with Crippen LogP contribution in [0.5, 0.6) is 0 Å². The van der Waals surface area contributed by atoms with Crippen molar-refractivity contribution in [2.45, 2.75) is 116 Å². The lowest BCUT2D eigenvalue weighted by Crippen LogP contribution is -2.13. The first kappa shape index (κ1) is 26.8. The second-order valence-corrected chi connectivity index (χ2v) is 11.6. The molecule has 0 bridgehead atoms. The molecule has 0 spiro atoms. The van der Waals surface area contributed by atoms with Gasteiger partial charge < -0.3 is 0 Å². The van der Waals surface area contributed by atoms with Gasteiger partial charge in [-0.15, -0.1) is 0 Å². The first-order valence-corrected chi connectivity index (χ1v) is 15.1. The number of hydrogen-bond donors (Lipinski definition) is 0. The Morgan fingerprint density at radius 1 is 0.694 bits per heavy atom. The molecule has 0 saturated heterocycles. The Balaban J connectivity index is 1.19. The van der Waals surface area contributed by atoms with Crippen LogP contribution in [0.4, 0.5) is 0 Å². The van der Waals surface area contributed by atoms with Crippen molar-refractivity contribution in [1.82, 2.24) is 0 Å². The number of aryl methyl sites for hydroxylation is 1. The first-order chi connectivity index (χ1) is 17.7. The van der Waals surface area contributed by atoms with Crippen LogP contribution < -0.4 is 0 Å². The zero-order chi connectivity index (χ0) is 25.0. The molecule has 2 aromatic rings. The highest BCUT2D eigenvalue weighted by molar-refractivity contribution is 5.39. The minimum absolute atomic E-state index is 0.689. The summed E-state index contributed by atoms with van der Waals surface area (Å²) in [6, 6.07) is 18.6. The quantitative estimate of drug-likeness (QED) is 0.313. The Morgan fingerprint density at radius 3 is 1.89 bits per heavy atom. The Morgan fingerprint density at radius 2 is 1.28 bits per heavy atom. The van der Waals surface area contributed by atoms with Crippen LogP contribution in [0.1, 0.15) is 131 Å². The molecule has 0 atom stereocenters. The Hall–Kier alpha value is -2.26. The lowest BCUT2D eigenvalue weighted by Gasteiger charge is -2.28. The van der Waals surface area contributed by atoms with E-state index in [1.54, 1.807) is 5.56 Å². The maximum absolute atomic E-state index is 3.36. The summed E-state index contributed by atoms with van der Waals surface area (Å²) in [6.07, 6.45) is 23.2. The fourth-order valence-corrected chi connectivity index (χ4v) is 6.41. The van der Waals surface area contributed by atoms with Crippen molar-refractivity contribution in [3.8, 4) is 11.8 Å². The lowest BCUT2D eigenvalue weighted by molar-refractivity contribution is 0.304. The highest BCUT2D eigenvalue weighted by atomic mass is 14.3. The zero-order valence-electron chi connectivity index (χ0n) is 23.0. The molecule has 0 radical (unpaired) electrons. The smallest absolute Gasteiger partial charge is 0.0249 e. The number of allylic oxidation sites excluding steroid dienone is 2. The lowest BCUT2D eigenvalue weighted by atomic mass is 9.77. The minimum Gasteiger partial charge on any atom is -0.0730 e. The van der Waals surface area contributed by atoms with Crippen LogP contribution in [0, 0.1) is 23.7 Å². The highest BCUT2D eigenvalue weighted by Crippen LogP contribution is 2.38. The maximum Gasteiger partial charge on any atom is 0.0249 e. The van der Waals surface area contributed by atoms with Crippen LogP contribution >= 0.6 is 0 Å². The SMILES string of the molecule is CCCCc1ccc([C@H]2CC[C@H](C=CC#Cc3ccc([C@H]4CC[C@H](CCCC)CC4)cc3)CC2)cc1. The Bertz CT molecular complexity index is 965. The van der Waals surface area contributed by atoms with E-state index in [-0.39, 0.29) is 0 Å². The summed E-state index contributed by atoms with van der Waals surface area (Å²) in [7, 11) is 0. The second kappa shape index (κ2) is 14.5. The van der Waals surface area contributed by atoms with Gasteiger partial charge in [-0.05, 0) is 123 Å². The van der Waals surface area contributed by atoms with Crippen molar-refractivity contribution in [3.05, 3.63) is 82.9 Å². The van der Waals surface area contributed by atoms with Gasteiger partial charge in [-0.3, -0.25) is 0 Å². The van der Waals surface area contributed by atoms with Crippen molar-refractivity contribution in [2.75, 3.05) is 0 Å². The van der Waals surface area contributed by atoms with Crippen molar-refractivity contribution >= 4 is 0 Å². The van der Waals surface area contributed by atoms with Crippen molar-refractivity contribution < 1.29 is 0 Å². The fraction of sp³-hybridized carbons (Fsp3) is 0.556. The summed E-state index contributed by atoms with van der Waals surface area (Å²) in [4.78, 5) is 0. The first-order valence-electron chi connectivity index (χ1n) is 15.1. The minimum atomic E-state index is 0.689. The van der Waals surface area contributed by atoms with E-state index in [1.165, 1.54) is 101 Å². The van der Waals surface area contributed by atoms with E-state index in [2.05, 4.69) is 86.4 Å². The van der Waals surface area contributed by atoms with E-state index in [0.717, 1.165) is 23.3 Å². The third-order valence-corrected chi connectivity index (χ3v) is 8.90. The summed E-state index contributed by atoms with van der Waals surface area (Å²) in [5, 5.41) is 0. The van der Waals surface area contributed by atoms with E-state index in [0.29, 0.717) is 5.92 Å². The molecule has 0 heteroatoms. The van der Waals surface area contributed by atoms with Gasteiger partial charge in [-0.2, -0.15) is 0 Å². The molecule has 0 N–H and O–H groups in total. The molecular weight excluding hydrogens is 432 g/mol. The van der Waals surface area contributed by atoms with Gasteiger partial charge in [0.25, 0.3) is 0 Å². The van der Waals surface area contributed by atoms with Crippen molar-refractivity contribution in [3.63, 3.8) is 0 Å². The molecule has 0 amide bonds. The van der Waals surface area contributed by atoms with Crippen molar-refractivity contribution in [2.24, 2.45) is 11.8 Å². The fourth-order valence-electron chi connectivity index (χ4n) is 6.41. The van der Waals surface area contributed by atoms with E-state index in [9.17, 15) is 0 Å². The topological polar surface area (TPSA) is 0 Å². The molecule has 36 heavy (non-hydrogen) atoms. The Kier molecular flexibility index (Phi) is 10.8. The van der Waals surface area contributed by atoms with Crippen LogP contribution in [0.15, 0.2) is 60.7 Å². The molecule has 2 aromatic carbocycles. The third kappa shape index (κ3) is 8.13. The summed E-state index contributed by atoms with van der Waals surface area (Å²) >= 11 is 0. The van der Waals surface area contributed by atoms with Crippen molar-refractivity contribution in [1.29, 1.82) is 0 Å². The molecule has 0 nitrogen and oxygen atoms in total. The number of unbranched alkanes of at least 4 members (excludes halogenated alkanes) is 2. The predicted molar refractivity (Wildman–Crippen MR) is 156 cm³/mol. The monoisotopic (exact) mass is 480 g/mol. The molecule has 4 rings (SSSR count). The van der Waals surface area contributed by atoms with Crippen LogP contribution in [-0.2, 0) is 6.42 Å². The molecule has 192 valence electrons.